The predicted octanol–water partition coefficient (Wildman–Crippen LogP) is 19.6. The molecule has 0 heterocycles. The number of rotatable bonds is 51. The largest absolute Gasteiger partial charge is 0.462 e. The second-order valence-corrected chi connectivity index (χ2v) is 18.9. The second-order valence-electron chi connectivity index (χ2n) is 18.9. The Morgan fingerprint density at radius 3 is 1.08 bits per heavy atom. The fourth-order valence-corrected chi connectivity index (χ4v) is 7.74. The summed E-state index contributed by atoms with van der Waals surface area (Å²) in [5.41, 5.74) is 0. The molecular weight excluding hydrogens is 877 g/mol. The van der Waals surface area contributed by atoms with Gasteiger partial charge in [-0.05, 0) is 77.0 Å². The van der Waals surface area contributed by atoms with E-state index in [0.29, 0.717) is 19.3 Å². The number of unbranched alkanes of at least 4 members (excludes halogenated alkanes) is 24. The number of esters is 3. The van der Waals surface area contributed by atoms with Gasteiger partial charge in [-0.3, -0.25) is 14.4 Å². The van der Waals surface area contributed by atoms with E-state index >= 15 is 0 Å². The van der Waals surface area contributed by atoms with E-state index in [4.69, 9.17) is 14.2 Å². The topological polar surface area (TPSA) is 78.9 Å². The Morgan fingerprint density at radius 1 is 0.310 bits per heavy atom. The molecule has 0 aromatic heterocycles. The summed E-state index contributed by atoms with van der Waals surface area (Å²) >= 11 is 0. The summed E-state index contributed by atoms with van der Waals surface area (Å²) in [6, 6.07) is 0. The van der Waals surface area contributed by atoms with Gasteiger partial charge in [0, 0.05) is 19.3 Å². The van der Waals surface area contributed by atoms with Crippen LogP contribution in [-0.2, 0) is 28.6 Å². The minimum absolute atomic E-state index is 0.110. The number of hydrogen-bond donors (Lipinski definition) is 0. The highest BCUT2D eigenvalue weighted by molar-refractivity contribution is 5.71. The lowest BCUT2D eigenvalue weighted by molar-refractivity contribution is -0.167. The lowest BCUT2D eigenvalue weighted by Crippen LogP contribution is -2.30. The molecule has 0 saturated heterocycles. The molecule has 0 aliphatic rings. The summed E-state index contributed by atoms with van der Waals surface area (Å²) in [5, 5.41) is 0. The number of ether oxygens (including phenoxy) is 3. The molecule has 0 amide bonds. The molecule has 0 saturated carbocycles. The number of carbonyl (C=O) groups excluding carboxylic acids is 3. The van der Waals surface area contributed by atoms with Crippen LogP contribution in [0.2, 0.25) is 0 Å². The second kappa shape index (κ2) is 58.4. The lowest BCUT2D eigenvalue weighted by atomic mass is 10.0. The maximum absolute atomic E-state index is 12.9. The Balaban J connectivity index is 4.52. The van der Waals surface area contributed by atoms with E-state index in [1.165, 1.54) is 103 Å². The van der Waals surface area contributed by atoms with E-state index in [-0.39, 0.29) is 37.5 Å². The third-order valence-electron chi connectivity index (χ3n) is 12.1. The van der Waals surface area contributed by atoms with Gasteiger partial charge in [0.25, 0.3) is 0 Å². The Labute approximate surface area is 437 Å². The van der Waals surface area contributed by atoms with Gasteiger partial charge in [0.1, 0.15) is 13.2 Å². The van der Waals surface area contributed by atoms with Crippen LogP contribution in [0, 0.1) is 0 Å². The van der Waals surface area contributed by atoms with Crippen molar-refractivity contribution < 1.29 is 28.6 Å². The molecule has 6 nitrogen and oxygen atoms in total. The summed E-state index contributed by atoms with van der Waals surface area (Å²) in [6.07, 6.45) is 80.4. The third-order valence-corrected chi connectivity index (χ3v) is 12.1. The fourth-order valence-electron chi connectivity index (χ4n) is 7.74. The van der Waals surface area contributed by atoms with Crippen molar-refractivity contribution in [2.75, 3.05) is 13.2 Å². The van der Waals surface area contributed by atoms with Crippen LogP contribution < -0.4 is 0 Å². The molecular formula is C65H106O6. The summed E-state index contributed by atoms with van der Waals surface area (Å²) in [6.45, 7) is 6.38. The van der Waals surface area contributed by atoms with Crippen LogP contribution in [0.5, 0.6) is 0 Å². The van der Waals surface area contributed by atoms with Crippen molar-refractivity contribution in [3.05, 3.63) is 122 Å². The first-order chi connectivity index (χ1) is 35.0. The first kappa shape index (κ1) is 66.8. The molecule has 402 valence electrons. The van der Waals surface area contributed by atoms with Crippen molar-refractivity contribution >= 4 is 17.9 Å². The van der Waals surface area contributed by atoms with E-state index < -0.39 is 6.10 Å². The molecule has 0 aromatic carbocycles. The first-order valence-corrected chi connectivity index (χ1v) is 29.1. The lowest BCUT2D eigenvalue weighted by Gasteiger charge is -2.18. The molecule has 0 aliphatic carbocycles. The molecule has 0 rings (SSSR count). The monoisotopic (exact) mass is 983 g/mol. The quantitative estimate of drug-likeness (QED) is 0.0199. The molecule has 1 unspecified atom stereocenters. The number of hydrogen-bond acceptors (Lipinski definition) is 6. The van der Waals surface area contributed by atoms with E-state index in [9.17, 15) is 14.4 Å². The van der Waals surface area contributed by atoms with E-state index in [1.807, 2.05) is 24.3 Å². The maximum Gasteiger partial charge on any atom is 0.306 e. The van der Waals surface area contributed by atoms with Gasteiger partial charge in [0.2, 0.25) is 0 Å². The Hall–Kier alpha value is -4.19. The van der Waals surface area contributed by atoms with Crippen molar-refractivity contribution in [2.24, 2.45) is 0 Å². The molecule has 0 fully saturated rings. The van der Waals surface area contributed by atoms with Crippen LogP contribution in [0.4, 0.5) is 0 Å². The van der Waals surface area contributed by atoms with Gasteiger partial charge >= 0.3 is 17.9 Å². The molecule has 71 heavy (non-hydrogen) atoms. The number of carbonyl (C=O) groups is 3. The first-order valence-electron chi connectivity index (χ1n) is 29.1. The van der Waals surface area contributed by atoms with Crippen molar-refractivity contribution in [2.45, 2.75) is 258 Å². The van der Waals surface area contributed by atoms with Crippen molar-refractivity contribution in [1.29, 1.82) is 0 Å². The van der Waals surface area contributed by atoms with Crippen LogP contribution in [0.25, 0.3) is 0 Å². The van der Waals surface area contributed by atoms with E-state index in [2.05, 4.69) is 118 Å². The van der Waals surface area contributed by atoms with E-state index in [0.717, 1.165) is 103 Å². The Kier molecular flexibility index (Phi) is 54.9. The Morgan fingerprint density at radius 2 is 0.648 bits per heavy atom. The van der Waals surface area contributed by atoms with Gasteiger partial charge in [-0.15, -0.1) is 0 Å². The van der Waals surface area contributed by atoms with Gasteiger partial charge in [-0.2, -0.15) is 0 Å². The smallest absolute Gasteiger partial charge is 0.306 e. The van der Waals surface area contributed by atoms with Gasteiger partial charge in [-0.25, -0.2) is 0 Å². The molecule has 0 radical (unpaired) electrons. The zero-order valence-corrected chi connectivity index (χ0v) is 45.9. The standard InChI is InChI=1S/C65H106O6/c1-4-7-10-13-16-19-22-25-28-31-34-37-40-43-46-49-52-55-58-64(67)70-61-62(60-69-63(66)57-54-51-48-45-42-39-36-33-30-27-24-21-18-15-12-9-6-3)71-65(68)59-56-53-50-47-44-41-38-35-32-29-26-23-20-17-14-11-8-5-2/h9-10,12-13,16,18-19,21-22,25,27-28,30-31,34,36-37,39,45,48,62H,4-8,11,14-15,17,20,23-24,26,29,32-33,35,38,40-44,46-47,49-61H2,1-3H3/b12-9-,13-10-,19-16-,21-18-,25-22-,30-27-,31-28-,37-34-,39-36-,48-45-. The highest BCUT2D eigenvalue weighted by Gasteiger charge is 2.19. The van der Waals surface area contributed by atoms with Crippen LogP contribution >= 0.6 is 0 Å². The zero-order chi connectivity index (χ0) is 51.4. The average molecular weight is 984 g/mol. The van der Waals surface area contributed by atoms with Crippen LogP contribution in [-0.4, -0.2) is 37.2 Å². The molecule has 0 bridgehead atoms. The Bertz CT molecular complexity index is 1500. The number of allylic oxidation sites excluding steroid dienone is 20. The van der Waals surface area contributed by atoms with Crippen LogP contribution in [0.1, 0.15) is 252 Å². The van der Waals surface area contributed by atoms with Gasteiger partial charge in [0.05, 0.1) is 0 Å². The van der Waals surface area contributed by atoms with Crippen molar-refractivity contribution in [1.82, 2.24) is 0 Å². The average Bonchev–Trinajstić information content (AvgIpc) is 3.37. The molecule has 0 N–H and O–H groups in total. The van der Waals surface area contributed by atoms with Gasteiger partial charge < -0.3 is 14.2 Å². The fraction of sp³-hybridized carbons (Fsp3) is 0.646. The molecule has 6 heteroatoms. The van der Waals surface area contributed by atoms with E-state index in [1.54, 1.807) is 0 Å². The molecule has 0 aromatic rings. The zero-order valence-electron chi connectivity index (χ0n) is 45.9. The molecule has 1 atom stereocenters. The van der Waals surface area contributed by atoms with Crippen LogP contribution in [0.15, 0.2) is 122 Å². The minimum atomic E-state index is -0.814. The highest BCUT2D eigenvalue weighted by atomic mass is 16.6. The summed E-state index contributed by atoms with van der Waals surface area (Å²) < 4.78 is 16.8. The summed E-state index contributed by atoms with van der Waals surface area (Å²) in [5.74, 6) is -0.990. The predicted molar refractivity (Wildman–Crippen MR) is 306 cm³/mol. The molecule has 0 aliphatic heterocycles. The van der Waals surface area contributed by atoms with Crippen molar-refractivity contribution in [3.8, 4) is 0 Å². The minimum Gasteiger partial charge on any atom is -0.462 e. The van der Waals surface area contributed by atoms with Gasteiger partial charge in [-0.1, -0.05) is 277 Å². The maximum atomic E-state index is 12.9. The normalized spacial score (nSPS) is 13.0. The summed E-state index contributed by atoms with van der Waals surface area (Å²) in [7, 11) is 0. The van der Waals surface area contributed by atoms with Gasteiger partial charge in [0.15, 0.2) is 6.10 Å². The SMILES string of the molecule is CC/C=C\C/C=C\C/C=C\C/C=C\C/C=C\CCCC(=O)OCC(COC(=O)CCCCCCC\C=C/C=C\C=C/C=C\C=C/CCC)OC(=O)CCCCCCCCCCCCCCCCCCCC. The summed E-state index contributed by atoms with van der Waals surface area (Å²) in [4.78, 5) is 38.2. The van der Waals surface area contributed by atoms with Crippen molar-refractivity contribution in [3.63, 3.8) is 0 Å². The van der Waals surface area contributed by atoms with Crippen LogP contribution in [0.3, 0.4) is 0 Å². The highest BCUT2D eigenvalue weighted by Crippen LogP contribution is 2.16. The molecule has 0 spiro atoms. The third kappa shape index (κ3) is 56.6.